The van der Waals surface area contributed by atoms with Crippen LogP contribution in [0.3, 0.4) is 0 Å². The number of ether oxygens (including phenoxy) is 3. The third-order valence-electron chi connectivity index (χ3n) is 8.41. The number of nitrogens with zero attached hydrogens (tertiary/aromatic N) is 1. The molecule has 1 N–H and O–H groups in total. The number of rotatable bonds is 33. The van der Waals surface area contributed by atoms with Gasteiger partial charge in [-0.25, -0.2) is 4.79 Å². The van der Waals surface area contributed by atoms with Gasteiger partial charge in [-0.15, -0.1) is 0 Å². The van der Waals surface area contributed by atoms with Crippen LogP contribution in [0.5, 0.6) is 0 Å². The largest absolute Gasteiger partial charge is 0.477 e. The highest BCUT2D eigenvalue weighted by Gasteiger charge is 2.31. The number of esters is 2. The lowest BCUT2D eigenvalue weighted by Gasteiger charge is -2.31. The average molecular weight is 655 g/mol. The number of hydrogen-bond donors (Lipinski definition) is 1. The van der Waals surface area contributed by atoms with Crippen LogP contribution in [0.4, 0.5) is 0 Å². The Bertz CT molecular complexity index is 778. The summed E-state index contributed by atoms with van der Waals surface area (Å²) in [5.41, 5.74) is 0. The minimum Gasteiger partial charge on any atom is -0.477 e. The highest BCUT2D eigenvalue weighted by atomic mass is 16.6. The molecule has 0 aliphatic heterocycles. The van der Waals surface area contributed by atoms with Gasteiger partial charge in [-0.2, -0.15) is 0 Å². The lowest BCUT2D eigenvalue weighted by atomic mass is 10.1. The van der Waals surface area contributed by atoms with Gasteiger partial charge in [0.25, 0.3) is 0 Å². The second-order valence-corrected chi connectivity index (χ2v) is 13.8. The molecular weight excluding hydrogens is 582 g/mol. The van der Waals surface area contributed by atoms with E-state index in [2.05, 4.69) is 26.0 Å². The summed E-state index contributed by atoms with van der Waals surface area (Å²) < 4.78 is 17.2. The van der Waals surface area contributed by atoms with Crippen LogP contribution in [0.1, 0.15) is 162 Å². The van der Waals surface area contributed by atoms with Crippen LogP contribution in [-0.4, -0.2) is 80.6 Å². The molecule has 8 nitrogen and oxygen atoms in total. The Morgan fingerprint density at radius 1 is 0.630 bits per heavy atom. The van der Waals surface area contributed by atoms with Crippen LogP contribution in [0, 0.1) is 0 Å². The number of quaternary nitrogens is 1. The molecule has 8 heteroatoms. The fourth-order valence-corrected chi connectivity index (χ4v) is 5.44. The van der Waals surface area contributed by atoms with Gasteiger partial charge in [-0.3, -0.25) is 9.59 Å². The quantitative estimate of drug-likeness (QED) is 0.0326. The van der Waals surface area contributed by atoms with Gasteiger partial charge in [0.2, 0.25) is 0 Å². The molecule has 0 aromatic heterocycles. The number of carbonyl (C=O) groups is 3. The maximum atomic E-state index is 12.6. The molecule has 0 aliphatic carbocycles. The van der Waals surface area contributed by atoms with Crippen molar-refractivity contribution >= 4 is 17.9 Å². The average Bonchev–Trinajstić information content (AvgIpc) is 3.00. The first-order chi connectivity index (χ1) is 22.1. The van der Waals surface area contributed by atoms with Crippen molar-refractivity contribution in [1.29, 1.82) is 0 Å². The van der Waals surface area contributed by atoms with Gasteiger partial charge in [0.05, 0.1) is 34.4 Å². The van der Waals surface area contributed by atoms with Gasteiger partial charge in [-0.05, 0) is 38.5 Å². The summed E-state index contributed by atoms with van der Waals surface area (Å²) in [5, 5.41) is 9.56. The number of allylic oxidation sites excluding steroid dienone is 2. The molecule has 0 saturated heterocycles. The Hall–Kier alpha value is -1.93. The zero-order valence-electron chi connectivity index (χ0n) is 30.5. The molecule has 0 saturated carbocycles. The lowest BCUT2D eigenvalue weighted by molar-refractivity contribution is -0.887. The van der Waals surface area contributed by atoms with E-state index < -0.39 is 18.1 Å². The third kappa shape index (κ3) is 28.3. The minimum absolute atomic E-state index is 0.0496. The number of aliphatic carboxylic acids is 1. The number of carbonyl (C=O) groups excluding carboxylic acids is 2. The SMILES string of the molecule is CCCCC/C=C\CCCCCCCC(=O)OC(COCCC(C(=O)O)[N+](C)(C)C)COC(=O)CCCCCCCCCCCC. The Morgan fingerprint density at radius 3 is 1.61 bits per heavy atom. The fourth-order valence-electron chi connectivity index (χ4n) is 5.44. The maximum absolute atomic E-state index is 12.6. The van der Waals surface area contributed by atoms with Gasteiger partial charge >= 0.3 is 17.9 Å². The van der Waals surface area contributed by atoms with Crippen LogP contribution >= 0.6 is 0 Å². The molecule has 0 rings (SSSR count). The van der Waals surface area contributed by atoms with Gasteiger partial charge in [-0.1, -0.05) is 116 Å². The molecule has 270 valence electrons. The van der Waals surface area contributed by atoms with E-state index in [1.54, 1.807) is 0 Å². The highest BCUT2D eigenvalue weighted by molar-refractivity contribution is 5.72. The number of carboxylic acid groups (broad SMARTS) is 1. The number of likely N-dealkylation sites (N-methyl/N-ethyl adjacent to an activating group) is 1. The second-order valence-electron chi connectivity index (χ2n) is 13.8. The Labute approximate surface area is 282 Å². The number of carboxylic acids is 1. The summed E-state index contributed by atoms with van der Waals surface area (Å²) in [6.07, 6.45) is 28.2. The van der Waals surface area contributed by atoms with Crippen molar-refractivity contribution in [2.24, 2.45) is 0 Å². The van der Waals surface area contributed by atoms with E-state index >= 15 is 0 Å². The molecule has 0 aliphatic rings. The molecule has 46 heavy (non-hydrogen) atoms. The standard InChI is InChI=1S/C38H71NO7/c1-6-8-10-12-14-16-18-19-21-23-25-27-29-37(41)46-34(32-44-31-30-35(38(42)43)39(3,4)5)33-45-36(40)28-26-24-22-20-17-15-13-11-9-7-2/h14,16,34-35H,6-13,15,17-33H2,1-5H3/p+1/b16-14-. The van der Waals surface area contributed by atoms with E-state index in [9.17, 15) is 19.5 Å². The molecular formula is C38H72NO7+. The van der Waals surface area contributed by atoms with Crippen LogP contribution < -0.4 is 0 Å². The van der Waals surface area contributed by atoms with E-state index in [0.717, 1.165) is 51.4 Å². The Morgan fingerprint density at radius 2 is 1.09 bits per heavy atom. The molecule has 0 spiro atoms. The predicted molar refractivity (Wildman–Crippen MR) is 188 cm³/mol. The highest BCUT2D eigenvalue weighted by Crippen LogP contribution is 2.13. The first-order valence-electron chi connectivity index (χ1n) is 18.7. The van der Waals surface area contributed by atoms with E-state index in [-0.39, 0.29) is 36.2 Å². The first kappa shape index (κ1) is 44.1. The fraction of sp³-hybridized carbons (Fsp3) is 0.868. The molecule has 0 radical (unpaired) electrons. The third-order valence-corrected chi connectivity index (χ3v) is 8.41. The topological polar surface area (TPSA) is 99.1 Å². The van der Waals surface area contributed by atoms with Gasteiger partial charge in [0, 0.05) is 19.3 Å². The first-order valence-corrected chi connectivity index (χ1v) is 18.7. The van der Waals surface area contributed by atoms with Crippen LogP contribution in [0.25, 0.3) is 0 Å². The van der Waals surface area contributed by atoms with Crippen molar-refractivity contribution in [2.75, 3.05) is 41.0 Å². The maximum Gasteiger partial charge on any atom is 0.362 e. The minimum atomic E-state index is -0.876. The van der Waals surface area contributed by atoms with Crippen LogP contribution in [0.15, 0.2) is 12.2 Å². The van der Waals surface area contributed by atoms with Gasteiger partial charge < -0.3 is 23.8 Å². The zero-order valence-corrected chi connectivity index (χ0v) is 30.5. The van der Waals surface area contributed by atoms with E-state index in [0.29, 0.717) is 19.3 Å². The van der Waals surface area contributed by atoms with E-state index in [1.165, 1.54) is 77.0 Å². The van der Waals surface area contributed by atoms with Crippen molar-refractivity contribution in [3.63, 3.8) is 0 Å². The van der Waals surface area contributed by atoms with Gasteiger partial charge in [0.15, 0.2) is 12.1 Å². The lowest BCUT2D eigenvalue weighted by Crippen LogP contribution is -2.50. The number of unbranched alkanes of at least 4 members (excludes halogenated alkanes) is 17. The molecule has 2 unspecified atom stereocenters. The van der Waals surface area contributed by atoms with Gasteiger partial charge in [0.1, 0.15) is 6.61 Å². The van der Waals surface area contributed by atoms with Crippen molar-refractivity contribution in [2.45, 2.75) is 174 Å². The number of hydrogen-bond acceptors (Lipinski definition) is 6. The molecule has 0 aromatic rings. The summed E-state index contributed by atoms with van der Waals surface area (Å²) in [7, 11) is 5.51. The van der Waals surface area contributed by atoms with Crippen LogP contribution in [0.2, 0.25) is 0 Å². The Balaban J connectivity index is 4.45. The Kier molecular flexibility index (Phi) is 29.1. The normalized spacial score (nSPS) is 13.2. The molecule has 0 heterocycles. The molecule has 0 bridgehead atoms. The zero-order chi connectivity index (χ0) is 34.3. The van der Waals surface area contributed by atoms with E-state index in [4.69, 9.17) is 14.2 Å². The molecule has 0 amide bonds. The summed E-state index contributed by atoms with van der Waals surface area (Å²) in [5.74, 6) is -1.48. The van der Waals surface area contributed by atoms with Crippen LogP contribution in [-0.2, 0) is 28.6 Å². The smallest absolute Gasteiger partial charge is 0.362 e. The molecule has 2 atom stereocenters. The molecule has 0 fully saturated rings. The summed E-state index contributed by atoms with van der Waals surface area (Å²) in [4.78, 5) is 36.7. The van der Waals surface area contributed by atoms with Crippen molar-refractivity contribution in [1.82, 2.24) is 0 Å². The molecule has 0 aromatic carbocycles. The van der Waals surface area contributed by atoms with Crippen molar-refractivity contribution < 1.29 is 38.2 Å². The van der Waals surface area contributed by atoms with Crippen molar-refractivity contribution in [3.05, 3.63) is 12.2 Å². The summed E-state index contributed by atoms with van der Waals surface area (Å²) in [6, 6.07) is -0.610. The van der Waals surface area contributed by atoms with Crippen molar-refractivity contribution in [3.8, 4) is 0 Å². The second kappa shape index (κ2) is 30.4. The summed E-state index contributed by atoms with van der Waals surface area (Å²) in [6.45, 7) is 4.68. The predicted octanol–water partition coefficient (Wildman–Crippen LogP) is 9.19. The van der Waals surface area contributed by atoms with E-state index in [1.807, 2.05) is 21.1 Å². The summed E-state index contributed by atoms with van der Waals surface area (Å²) >= 11 is 0. The monoisotopic (exact) mass is 655 g/mol.